The number of fused-ring (bicyclic) bond motifs is 3. The largest absolute Gasteiger partial charge is 0.436 e. The van der Waals surface area contributed by atoms with Gasteiger partial charge >= 0.3 is 0 Å². The minimum Gasteiger partial charge on any atom is -0.436 e. The summed E-state index contributed by atoms with van der Waals surface area (Å²) in [6.07, 6.45) is 4.26. The fourth-order valence-electron chi connectivity index (χ4n) is 8.12. The van der Waals surface area contributed by atoms with E-state index in [0.29, 0.717) is 5.89 Å². The zero-order valence-corrected chi connectivity index (χ0v) is 32.0. The molecule has 0 aliphatic heterocycles. The van der Waals surface area contributed by atoms with Crippen LogP contribution < -0.4 is 9.80 Å². The van der Waals surface area contributed by atoms with E-state index in [1.54, 1.807) is 0 Å². The molecule has 0 spiro atoms. The third-order valence-electron chi connectivity index (χ3n) is 11.0. The lowest BCUT2D eigenvalue weighted by Crippen LogP contribution is -2.09. The quantitative estimate of drug-likeness (QED) is 0.147. The molecule has 8 aromatic carbocycles. The highest BCUT2D eigenvalue weighted by Gasteiger charge is 2.18. The molecule has 0 unspecified atom stereocenters. The van der Waals surface area contributed by atoms with E-state index in [9.17, 15) is 0 Å². The third-order valence-corrected chi connectivity index (χ3v) is 11.0. The number of oxazole rings is 1. The van der Waals surface area contributed by atoms with Gasteiger partial charge in [0.15, 0.2) is 5.58 Å². The van der Waals surface area contributed by atoms with Crippen molar-refractivity contribution in [2.24, 2.45) is 0 Å². The summed E-state index contributed by atoms with van der Waals surface area (Å²) < 4.78 is 11.0. The average molecular weight is 760 g/mol. The number of benzene rings is 8. The van der Waals surface area contributed by atoms with Crippen LogP contribution in [0.2, 0.25) is 0 Å². The molecular formula is C53H37N5O. The van der Waals surface area contributed by atoms with E-state index in [-0.39, 0.29) is 0 Å². The number of para-hydroxylation sites is 4. The van der Waals surface area contributed by atoms with E-state index >= 15 is 0 Å². The predicted octanol–water partition coefficient (Wildman–Crippen LogP) is 14.3. The van der Waals surface area contributed by atoms with Crippen molar-refractivity contribution in [2.45, 2.75) is 0 Å². The lowest BCUT2D eigenvalue weighted by molar-refractivity contribution is 0.620. The van der Waals surface area contributed by atoms with Gasteiger partial charge in [0.25, 0.3) is 0 Å². The summed E-state index contributed by atoms with van der Waals surface area (Å²) in [7, 11) is 0. The van der Waals surface area contributed by atoms with E-state index in [1.807, 2.05) is 18.2 Å². The van der Waals surface area contributed by atoms with Crippen molar-refractivity contribution in [3.05, 3.63) is 225 Å². The fraction of sp³-hybridized carbons (Fsp3) is 0. The van der Waals surface area contributed by atoms with Gasteiger partial charge in [0.05, 0.1) is 11.0 Å². The van der Waals surface area contributed by atoms with Crippen molar-refractivity contribution in [2.75, 3.05) is 9.80 Å². The molecule has 6 nitrogen and oxygen atoms in total. The van der Waals surface area contributed by atoms with Crippen LogP contribution in [0.5, 0.6) is 0 Å². The molecule has 6 heteroatoms. The van der Waals surface area contributed by atoms with Crippen LogP contribution in [0, 0.1) is 0 Å². The van der Waals surface area contributed by atoms with Crippen molar-refractivity contribution in [1.29, 1.82) is 0 Å². The maximum absolute atomic E-state index is 6.52. The fourth-order valence-corrected chi connectivity index (χ4v) is 8.12. The molecule has 0 atom stereocenters. The van der Waals surface area contributed by atoms with Crippen LogP contribution in [-0.4, -0.2) is 14.1 Å². The van der Waals surface area contributed by atoms with Crippen LogP contribution in [0.3, 0.4) is 0 Å². The van der Waals surface area contributed by atoms with Gasteiger partial charge in [-0.1, -0.05) is 72.8 Å². The first-order chi connectivity index (χ1) is 29.2. The number of anilines is 6. The molecular weight excluding hydrogens is 723 g/mol. The zero-order valence-electron chi connectivity index (χ0n) is 32.0. The second-order valence-electron chi connectivity index (χ2n) is 14.6. The Morgan fingerprint density at radius 2 is 0.797 bits per heavy atom. The summed E-state index contributed by atoms with van der Waals surface area (Å²) in [5, 5.41) is 2.44. The van der Waals surface area contributed by atoms with Gasteiger partial charge in [-0.15, -0.1) is 0 Å². The topological polar surface area (TPSA) is 42.4 Å². The van der Waals surface area contributed by atoms with E-state index in [0.717, 1.165) is 62.2 Å². The lowest BCUT2D eigenvalue weighted by Gasteiger charge is -2.25. The number of rotatable bonds is 9. The van der Waals surface area contributed by atoms with Crippen LogP contribution in [0.15, 0.2) is 229 Å². The molecule has 59 heavy (non-hydrogen) atoms. The number of aromatic nitrogens is 3. The predicted molar refractivity (Wildman–Crippen MR) is 242 cm³/mol. The first kappa shape index (κ1) is 34.2. The maximum Gasteiger partial charge on any atom is 0.227 e. The number of hydrogen-bond acceptors (Lipinski definition) is 4. The van der Waals surface area contributed by atoms with Gasteiger partial charge in [-0.05, 0) is 144 Å². The average Bonchev–Trinajstić information content (AvgIpc) is 4.06. The smallest absolute Gasteiger partial charge is 0.227 e. The number of hydrogen-bond donors (Lipinski definition) is 0. The molecule has 11 rings (SSSR count). The van der Waals surface area contributed by atoms with Gasteiger partial charge < -0.3 is 23.4 Å². The maximum atomic E-state index is 6.52. The first-order valence-corrected chi connectivity index (χ1v) is 19.8. The highest BCUT2D eigenvalue weighted by molar-refractivity contribution is 5.87. The summed E-state index contributed by atoms with van der Waals surface area (Å²) >= 11 is 0. The van der Waals surface area contributed by atoms with E-state index in [1.165, 1.54) is 21.8 Å². The van der Waals surface area contributed by atoms with Gasteiger partial charge in [0.1, 0.15) is 5.52 Å². The van der Waals surface area contributed by atoms with Gasteiger partial charge in [-0.2, -0.15) is 0 Å². The third kappa shape index (κ3) is 6.29. The van der Waals surface area contributed by atoms with E-state index in [2.05, 4.69) is 225 Å². The minimum atomic E-state index is 0.577. The molecule has 11 aromatic rings. The van der Waals surface area contributed by atoms with Crippen LogP contribution in [0.1, 0.15) is 0 Å². The molecule has 0 fully saturated rings. The van der Waals surface area contributed by atoms with Gasteiger partial charge in [0, 0.05) is 69.5 Å². The highest BCUT2D eigenvalue weighted by Crippen LogP contribution is 2.39. The van der Waals surface area contributed by atoms with Gasteiger partial charge in [0.2, 0.25) is 5.89 Å². The summed E-state index contributed by atoms with van der Waals surface area (Å²) in [6.45, 7) is 0. The Hall–Kier alpha value is -8.09. The highest BCUT2D eigenvalue weighted by atomic mass is 16.3. The molecule has 0 aliphatic rings. The summed E-state index contributed by atoms with van der Waals surface area (Å²) in [4.78, 5) is 9.45. The van der Waals surface area contributed by atoms with Crippen molar-refractivity contribution >= 4 is 67.0 Å². The minimum absolute atomic E-state index is 0.577. The Balaban J connectivity index is 0.899. The zero-order chi connectivity index (χ0) is 39.1. The molecule has 3 heterocycles. The molecule has 0 radical (unpaired) electrons. The lowest BCUT2D eigenvalue weighted by atomic mass is 10.1. The molecule has 0 N–H and O–H groups in total. The molecule has 0 bridgehead atoms. The Labute approximate surface area is 341 Å². The second kappa shape index (κ2) is 14.4. The Bertz CT molecular complexity index is 3200. The SMILES string of the molecule is c1ccc(N(c2ccc(-c3nc4ccc(N(c5ccccc5)c5ccc(-n6ccc7ccccc76)cc5)cc4o3)cc2)c2ccc(-n3ccc4ccccc43)cc2)cc1. The number of nitrogens with zero attached hydrogens (tertiary/aromatic N) is 5. The Morgan fingerprint density at radius 1 is 0.373 bits per heavy atom. The molecule has 0 aliphatic carbocycles. The van der Waals surface area contributed by atoms with E-state index < -0.39 is 0 Å². The van der Waals surface area contributed by atoms with Crippen molar-refractivity contribution in [3.8, 4) is 22.8 Å². The Morgan fingerprint density at radius 3 is 1.32 bits per heavy atom. The summed E-state index contributed by atoms with van der Waals surface area (Å²) in [6, 6.07) is 74.2. The van der Waals surface area contributed by atoms with Gasteiger partial charge in [-0.3, -0.25) is 0 Å². The first-order valence-electron chi connectivity index (χ1n) is 19.8. The molecule has 0 amide bonds. The van der Waals surface area contributed by atoms with Crippen LogP contribution in [0.25, 0.3) is 55.7 Å². The molecule has 280 valence electrons. The molecule has 0 saturated heterocycles. The summed E-state index contributed by atoms with van der Waals surface area (Å²) in [5.74, 6) is 0.577. The normalized spacial score (nSPS) is 11.4. The monoisotopic (exact) mass is 759 g/mol. The van der Waals surface area contributed by atoms with E-state index in [4.69, 9.17) is 9.40 Å². The van der Waals surface area contributed by atoms with Gasteiger partial charge in [-0.25, -0.2) is 4.98 Å². The standard InChI is InChI=1S/C53H37N5O/c1-3-13-43(14-4-1)57(46-27-23-41(24-28-46)55-35-33-38-11-7-9-17-50(38)55)45-21-19-40(20-22-45)53-54-49-32-31-48(37-52(49)59-53)58(44-15-5-2-6-16-44)47-29-25-42(26-30-47)56-36-34-39-12-8-10-18-51(39)56/h1-37H. The second-order valence-corrected chi connectivity index (χ2v) is 14.6. The Kier molecular flexibility index (Phi) is 8.37. The van der Waals surface area contributed by atoms with Crippen molar-refractivity contribution in [1.82, 2.24) is 14.1 Å². The van der Waals surface area contributed by atoms with Crippen molar-refractivity contribution < 1.29 is 4.42 Å². The molecule has 0 saturated carbocycles. The van der Waals surface area contributed by atoms with Crippen molar-refractivity contribution in [3.63, 3.8) is 0 Å². The summed E-state index contributed by atoms with van der Waals surface area (Å²) in [5.41, 5.74) is 13.3. The molecule has 3 aromatic heterocycles. The van der Waals surface area contributed by atoms with Crippen LogP contribution in [0.4, 0.5) is 34.1 Å². The van der Waals surface area contributed by atoms with Crippen LogP contribution >= 0.6 is 0 Å². The van der Waals surface area contributed by atoms with Crippen LogP contribution in [-0.2, 0) is 0 Å².